The molecular formula is C18H11F3O2. The summed E-state index contributed by atoms with van der Waals surface area (Å²) in [4.78, 5) is 22.8. The molecular weight excluding hydrogens is 305 g/mol. The molecule has 0 radical (unpaired) electrons. The Morgan fingerprint density at radius 3 is 1.96 bits per heavy atom. The number of carbonyl (C=O) groups excluding carboxylic acids is 2. The Balaban J connectivity index is 1.97. The van der Waals surface area contributed by atoms with Crippen molar-refractivity contribution in [3.05, 3.63) is 60.2 Å². The van der Waals surface area contributed by atoms with E-state index in [2.05, 4.69) is 0 Å². The number of carbonyl (C=O) groups is 2. The van der Waals surface area contributed by atoms with E-state index >= 15 is 0 Å². The van der Waals surface area contributed by atoms with E-state index in [9.17, 15) is 22.8 Å². The monoisotopic (exact) mass is 316 g/mol. The molecule has 0 fully saturated rings. The SMILES string of the molecule is O=C(CC(=O)C(F)(F)F)c1ccc2cc3ccccc3cc2c1. The second kappa shape index (κ2) is 5.50. The Morgan fingerprint density at radius 2 is 1.35 bits per heavy atom. The molecule has 3 aromatic rings. The second-order valence-corrected chi connectivity index (χ2v) is 5.28. The summed E-state index contributed by atoms with van der Waals surface area (Å²) >= 11 is 0. The molecule has 0 amide bonds. The summed E-state index contributed by atoms with van der Waals surface area (Å²) in [6, 6.07) is 16.1. The van der Waals surface area contributed by atoms with Crippen LogP contribution in [0.4, 0.5) is 13.2 Å². The molecule has 3 rings (SSSR count). The normalized spacial score (nSPS) is 11.8. The van der Waals surface area contributed by atoms with Crippen LogP contribution >= 0.6 is 0 Å². The van der Waals surface area contributed by atoms with E-state index < -0.39 is 24.2 Å². The molecule has 0 aliphatic rings. The summed E-state index contributed by atoms with van der Waals surface area (Å²) < 4.78 is 36.8. The molecule has 2 nitrogen and oxygen atoms in total. The predicted octanol–water partition coefficient (Wildman–Crippen LogP) is 4.70. The molecule has 23 heavy (non-hydrogen) atoms. The van der Waals surface area contributed by atoms with E-state index in [0.717, 1.165) is 21.5 Å². The standard InChI is InChI=1S/C18H11F3O2/c19-18(20,21)17(23)10-16(22)14-6-5-13-7-11-3-1-2-4-12(11)8-15(13)9-14/h1-9H,10H2. The number of rotatable bonds is 3. The van der Waals surface area contributed by atoms with Gasteiger partial charge in [-0.1, -0.05) is 36.4 Å². The number of ketones is 2. The highest BCUT2D eigenvalue weighted by Gasteiger charge is 2.39. The van der Waals surface area contributed by atoms with Crippen molar-refractivity contribution in [1.29, 1.82) is 0 Å². The lowest BCUT2D eigenvalue weighted by Crippen LogP contribution is -2.25. The van der Waals surface area contributed by atoms with Gasteiger partial charge >= 0.3 is 6.18 Å². The maximum Gasteiger partial charge on any atom is 0.450 e. The van der Waals surface area contributed by atoms with Gasteiger partial charge in [0.25, 0.3) is 0 Å². The summed E-state index contributed by atoms with van der Waals surface area (Å²) in [5, 5.41) is 3.62. The van der Waals surface area contributed by atoms with Gasteiger partial charge in [-0.3, -0.25) is 9.59 Å². The topological polar surface area (TPSA) is 34.1 Å². The number of alkyl halides is 3. The first kappa shape index (κ1) is 15.2. The number of hydrogen-bond donors (Lipinski definition) is 0. The van der Waals surface area contributed by atoms with Crippen molar-refractivity contribution in [2.45, 2.75) is 12.6 Å². The van der Waals surface area contributed by atoms with E-state index in [1.54, 1.807) is 6.07 Å². The third kappa shape index (κ3) is 3.08. The number of halogens is 3. The zero-order valence-electron chi connectivity index (χ0n) is 11.9. The van der Waals surface area contributed by atoms with Gasteiger partial charge in [0.2, 0.25) is 5.78 Å². The third-order valence-electron chi connectivity index (χ3n) is 3.66. The minimum absolute atomic E-state index is 0.102. The molecule has 0 saturated carbocycles. The van der Waals surface area contributed by atoms with Gasteiger partial charge in [-0.15, -0.1) is 0 Å². The first-order chi connectivity index (χ1) is 10.8. The largest absolute Gasteiger partial charge is 0.450 e. The molecule has 0 spiro atoms. The lowest BCUT2D eigenvalue weighted by molar-refractivity contribution is -0.170. The molecule has 116 valence electrons. The quantitative estimate of drug-likeness (QED) is 0.399. The van der Waals surface area contributed by atoms with Crippen LogP contribution in [0.2, 0.25) is 0 Å². The predicted molar refractivity (Wildman–Crippen MR) is 81.5 cm³/mol. The highest BCUT2D eigenvalue weighted by atomic mass is 19.4. The van der Waals surface area contributed by atoms with E-state index in [1.807, 2.05) is 36.4 Å². The van der Waals surface area contributed by atoms with Crippen molar-refractivity contribution in [3.8, 4) is 0 Å². The van der Waals surface area contributed by atoms with Gasteiger partial charge in [-0.05, 0) is 39.7 Å². The van der Waals surface area contributed by atoms with E-state index in [4.69, 9.17) is 0 Å². The van der Waals surface area contributed by atoms with Gasteiger partial charge in [0.15, 0.2) is 5.78 Å². The van der Waals surface area contributed by atoms with E-state index in [1.165, 1.54) is 12.1 Å². The highest BCUT2D eigenvalue weighted by molar-refractivity contribution is 6.11. The molecule has 0 aromatic heterocycles. The van der Waals surface area contributed by atoms with Crippen molar-refractivity contribution < 1.29 is 22.8 Å². The first-order valence-corrected chi connectivity index (χ1v) is 6.90. The fourth-order valence-electron chi connectivity index (χ4n) is 2.46. The third-order valence-corrected chi connectivity index (χ3v) is 3.66. The lowest BCUT2D eigenvalue weighted by Gasteiger charge is -2.07. The number of Topliss-reactive ketones (excluding diaryl/α,β-unsaturated/α-hetero) is 2. The molecule has 5 heteroatoms. The van der Waals surface area contributed by atoms with Crippen LogP contribution in [0, 0.1) is 0 Å². The van der Waals surface area contributed by atoms with Crippen molar-refractivity contribution in [2.75, 3.05) is 0 Å². The maximum atomic E-state index is 12.3. The zero-order chi connectivity index (χ0) is 16.6. The molecule has 0 atom stereocenters. The Kier molecular flexibility index (Phi) is 3.64. The Hall–Kier alpha value is -2.69. The van der Waals surface area contributed by atoms with Crippen LogP contribution in [-0.4, -0.2) is 17.7 Å². The minimum atomic E-state index is -4.98. The summed E-state index contributed by atoms with van der Waals surface area (Å²) in [5.74, 6) is -2.86. The van der Waals surface area contributed by atoms with Gasteiger partial charge in [0.1, 0.15) is 0 Å². The summed E-state index contributed by atoms with van der Waals surface area (Å²) in [6.45, 7) is 0. The van der Waals surface area contributed by atoms with Gasteiger partial charge < -0.3 is 0 Å². The number of hydrogen-bond acceptors (Lipinski definition) is 2. The number of fused-ring (bicyclic) bond motifs is 2. The molecule has 0 unspecified atom stereocenters. The number of benzene rings is 3. The molecule has 0 aliphatic carbocycles. The van der Waals surface area contributed by atoms with Gasteiger partial charge in [-0.2, -0.15) is 13.2 Å². The smallest absolute Gasteiger partial charge is 0.294 e. The van der Waals surface area contributed by atoms with Crippen LogP contribution in [0.15, 0.2) is 54.6 Å². The zero-order valence-corrected chi connectivity index (χ0v) is 11.9. The molecule has 3 aromatic carbocycles. The van der Waals surface area contributed by atoms with Crippen LogP contribution in [0.1, 0.15) is 16.8 Å². The van der Waals surface area contributed by atoms with Gasteiger partial charge in [0.05, 0.1) is 6.42 Å². The van der Waals surface area contributed by atoms with Crippen molar-refractivity contribution in [1.82, 2.24) is 0 Å². The summed E-state index contributed by atoms with van der Waals surface area (Å²) in [7, 11) is 0. The Labute approximate surface area is 129 Å². The van der Waals surface area contributed by atoms with Crippen LogP contribution < -0.4 is 0 Å². The molecule has 0 N–H and O–H groups in total. The average Bonchev–Trinajstić information content (AvgIpc) is 2.51. The Bertz CT molecular complexity index is 926. The van der Waals surface area contributed by atoms with Crippen LogP contribution in [0.25, 0.3) is 21.5 Å². The molecule has 0 aliphatic heterocycles. The summed E-state index contributed by atoms with van der Waals surface area (Å²) in [6.07, 6.45) is -6.15. The van der Waals surface area contributed by atoms with Gasteiger partial charge in [0, 0.05) is 5.56 Å². The fraction of sp³-hybridized carbons (Fsp3) is 0.111. The maximum absolute atomic E-state index is 12.3. The molecule has 0 saturated heterocycles. The van der Waals surface area contributed by atoms with Crippen LogP contribution in [0.3, 0.4) is 0 Å². The molecule has 0 heterocycles. The second-order valence-electron chi connectivity index (χ2n) is 5.28. The van der Waals surface area contributed by atoms with Crippen molar-refractivity contribution in [3.63, 3.8) is 0 Å². The minimum Gasteiger partial charge on any atom is -0.294 e. The van der Waals surface area contributed by atoms with Crippen molar-refractivity contribution in [2.24, 2.45) is 0 Å². The van der Waals surface area contributed by atoms with E-state index in [-0.39, 0.29) is 5.56 Å². The highest BCUT2D eigenvalue weighted by Crippen LogP contribution is 2.25. The van der Waals surface area contributed by atoms with Crippen molar-refractivity contribution >= 4 is 33.1 Å². The first-order valence-electron chi connectivity index (χ1n) is 6.90. The average molecular weight is 316 g/mol. The van der Waals surface area contributed by atoms with Crippen LogP contribution in [0.5, 0.6) is 0 Å². The van der Waals surface area contributed by atoms with Crippen LogP contribution in [-0.2, 0) is 4.79 Å². The fourth-order valence-corrected chi connectivity index (χ4v) is 2.46. The lowest BCUT2D eigenvalue weighted by atomic mass is 9.99. The van der Waals surface area contributed by atoms with Gasteiger partial charge in [-0.25, -0.2) is 0 Å². The summed E-state index contributed by atoms with van der Waals surface area (Å²) in [5.41, 5.74) is 0.102. The van der Waals surface area contributed by atoms with E-state index in [0.29, 0.717) is 0 Å². The molecule has 0 bridgehead atoms. The Morgan fingerprint density at radius 1 is 0.783 bits per heavy atom.